The number of hydrogen-bond donors (Lipinski definition) is 2. The van der Waals surface area contributed by atoms with Gasteiger partial charge in [-0.1, -0.05) is 0 Å². The van der Waals surface area contributed by atoms with Crippen LogP contribution in [-0.4, -0.2) is 56.4 Å². The summed E-state index contributed by atoms with van der Waals surface area (Å²) < 4.78 is 15.0. The monoisotopic (exact) mass is 422 g/mol. The van der Waals surface area contributed by atoms with Gasteiger partial charge in [0.2, 0.25) is 0 Å². The lowest BCUT2D eigenvalue weighted by atomic mass is 10.0. The molecule has 1 saturated heterocycles. The molecule has 0 unspecified atom stereocenters. The maximum Gasteiger partial charge on any atom is 0.252 e. The first kappa shape index (κ1) is 20.6. The summed E-state index contributed by atoms with van der Waals surface area (Å²) >= 11 is 0. The molecule has 0 radical (unpaired) electrons. The molecule has 4 heterocycles. The van der Waals surface area contributed by atoms with E-state index in [-0.39, 0.29) is 12.1 Å². The van der Waals surface area contributed by atoms with Crippen LogP contribution in [0.5, 0.6) is 0 Å². The van der Waals surface area contributed by atoms with Crippen LogP contribution in [0, 0.1) is 6.92 Å². The summed E-state index contributed by atoms with van der Waals surface area (Å²) in [5.41, 5.74) is 8.43. The number of carbonyl (C=O) groups is 1. The fourth-order valence-electron chi connectivity index (χ4n) is 3.55. The number of pyridine rings is 1. The third-order valence-corrected chi connectivity index (χ3v) is 5.20. The lowest BCUT2D eigenvalue weighted by molar-refractivity contribution is 0.100. The van der Waals surface area contributed by atoms with Gasteiger partial charge in [-0.05, 0) is 31.5 Å². The molecule has 0 saturated carbocycles. The van der Waals surface area contributed by atoms with E-state index in [1.54, 1.807) is 24.7 Å². The first-order valence-corrected chi connectivity index (χ1v) is 9.99. The Bertz CT molecular complexity index is 1050. The Morgan fingerprint density at radius 3 is 2.77 bits per heavy atom. The second kappa shape index (κ2) is 8.99. The van der Waals surface area contributed by atoms with E-state index in [0.717, 1.165) is 11.4 Å². The number of aromatic nitrogens is 5. The number of nitrogens with two attached hydrogens (primary N) is 1. The maximum atomic E-state index is 15.0. The van der Waals surface area contributed by atoms with Crippen molar-refractivity contribution in [1.82, 2.24) is 25.1 Å². The van der Waals surface area contributed by atoms with Crippen molar-refractivity contribution in [1.29, 1.82) is 0 Å². The quantitative estimate of drug-likeness (QED) is 0.615. The molecule has 0 aromatic carbocycles. The van der Waals surface area contributed by atoms with Crippen LogP contribution in [0.15, 0.2) is 43.0 Å². The molecule has 1 fully saturated rings. The predicted octanol–water partition coefficient (Wildman–Crippen LogP) is 1.69. The fraction of sp³-hybridized carbons (Fsp3) is 0.333. The summed E-state index contributed by atoms with van der Waals surface area (Å²) in [4.78, 5) is 26.3. The summed E-state index contributed by atoms with van der Waals surface area (Å²) in [6.07, 6.45) is 6.05. The number of rotatable bonds is 6. The van der Waals surface area contributed by atoms with Crippen molar-refractivity contribution >= 4 is 17.4 Å². The van der Waals surface area contributed by atoms with Gasteiger partial charge in [-0.25, -0.2) is 4.39 Å². The molecule has 1 aliphatic rings. The van der Waals surface area contributed by atoms with Crippen molar-refractivity contribution in [2.24, 2.45) is 5.73 Å². The molecule has 1 aliphatic heterocycles. The fourth-order valence-corrected chi connectivity index (χ4v) is 3.55. The average molecular weight is 422 g/mol. The second-order valence-corrected chi connectivity index (χ2v) is 7.49. The molecule has 1 amide bonds. The number of primary amides is 1. The Labute approximate surface area is 179 Å². The molecule has 0 aliphatic carbocycles. The van der Waals surface area contributed by atoms with Gasteiger partial charge >= 0.3 is 0 Å². The average Bonchev–Trinajstić information content (AvgIpc) is 2.76. The molecule has 2 atom stereocenters. The van der Waals surface area contributed by atoms with Gasteiger partial charge in [-0.3, -0.25) is 19.7 Å². The lowest BCUT2D eigenvalue weighted by Crippen LogP contribution is -2.48. The van der Waals surface area contributed by atoms with Crippen LogP contribution in [0.1, 0.15) is 33.9 Å². The predicted molar refractivity (Wildman–Crippen MR) is 113 cm³/mol. The van der Waals surface area contributed by atoms with E-state index in [1.165, 1.54) is 6.20 Å². The smallest absolute Gasteiger partial charge is 0.252 e. The van der Waals surface area contributed by atoms with Crippen LogP contribution in [0.4, 0.5) is 15.9 Å². The van der Waals surface area contributed by atoms with Crippen LogP contribution in [0.3, 0.4) is 0 Å². The molecular weight excluding hydrogens is 399 g/mol. The van der Waals surface area contributed by atoms with E-state index < -0.39 is 18.1 Å². The van der Waals surface area contributed by atoms with Gasteiger partial charge in [-0.2, -0.15) is 5.10 Å². The molecule has 160 valence electrons. The van der Waals surface area contributed by atoms with Crippen LogP contribution in [0.25, 0.3) is 0 Å². The zero-order valence-corrected chi connectivity index (χ0v) is 17.1. The molecule has 0 spiro atoms. The minimum atomic E-state index is -1.17. The van der Waals surface area contributed by atoms with E-state index >= 15 is 4.39 Å². The highest BCUT2D eigenvalue weighted by Gasteiger charge is 2.31. The minimum absolute atomic E-state index is 0.179. The van der Waals surface area contributed by atoms with Crippen LogP contribution < -0.4 is 16.0 Å². The molecule has 4 rings (SSSR count). The summed E-state index contributed by atoms with van der Waals surface area (Å²) in [6, 6.07) is 4.95. The molecule has 9 nitrogen and oxygen atoms in total. The van der Waals surface area contributed by atoms with Crippen molar-refractivity contribution in [2.45, 2.75) is 32.0 Å². The van der Waals surface area contributed by atoms with Crippen molar-refractivity contribution in [3.63, 3.8) is 0 Å². The van der Waals surface area contributed by atoms with Gasteiger partial charge in [0, 0.05) is 43.4 Å². The Balaban J connectivity index is 1.49. The normalized spacial score (nSPS) is 18.6. The first-order chi connectivity index (χ1) is 15.0. The van der Waals surface area contributed by atoms with Gasteiger partial charge in [-0.15, -0.1) is 5.10 Å². The Hall–Kier alpha value is -3.69. The van der Waals surface area contributed by atoms with E-state index in [9.17, 15) is 4.79 Å². The SMILES string of the molecule is Cc1ccc(N2CC[C@@H](Nc3cc(Cc4cnccn4)ncc3C(N)=O)[C@@H](F)C2)nn1. The number of halogens is 1. The minimum Gasteiger partial charge on any atom is -0.378 e. The van der Waals surface area contributed by atoms with Gasteiger partial charge in [0.15, 0.2) is 5.82 Å². The molecule has 0 bridgehead atoms. The van der Waals surface area contributed by atoms with Crippen molar-refractivity contribution < 1.29 is 9.18 Å². The molecule has 3 aromatic heterocycles. The number of alkyl halides is 1. The summed E-state index contributed by atoms with van der Waals surface area (Å²) in [5.74, 6) is 0.0310. The highest BCUT2D eigenvalue weighted by molar-refractivity contribution is 5.98. The molecule has 31 heavy (non-hydrogen) atoms. The topological polar surface area (TPSA) is 123 Å². The van der Waals surface area contributed by atoms with Gasteiger partial charge in [0.1, 0.15) is 6.17 Å². The van der Waals surface area contributed by atoms with E-state index in [0.29, 0.717) is 36.6 Å². The standard InChI is InChI=1S/C21H23FN8O/c1-13-2-3-20(29-28-13)30-7-4-18(17(22)12-30)27-19-9-14(26-11-16(19)21(23)31)8-15-10-24-5-6-25-15/h2-3,5-6,9-11,17-18H,4,7-8,12H2,1H3,(H2,23,31)(H,26,27)/t17-,18+/m0/s1. The highest BCUT2D eigenvalue weighted by Crippen LogP contribution is 2.25. The summed E-state index contributed by atoms with van der Waals surface area (Å²) in [7, 11) is 0. The number of amides is 1. The largest absolute Gasteiger partial charge is 0.378 e. The number of hydrogen-bond acceptors (Lipinski definition) is 8. The van der Waals surface area contributed by atoms with Crippen molar-refractivity contribution in [2.75, 3.05) is 23.3 Å². The zero-order valence-electron chi connectivity index (χ0n) is 17.1. The van der Waals surface area contributed by atoms with Gasteiger partial charge < -0.3 is 16.0 Å². The third kappa shape index (κ3) is 4.90. The number of nitrogens with zero attached hydrogens (tertiary/aromatic N) is 6. The number of aryl methyl sites for hydroxylation is 1. The summed E-state index contributed by atoms with van der Waals surface area (Å²) in [5, 5.41) is 11.4. The first-order valence-electron chi connectivity index (χ1n) is 9.99. The lowest BCUT2D eigenvalue weighted by Gasteiger charge is -2.36. The second-order valence-electron chi connectivity index (χ2n) is 7.49. The van der Waals surface area contributed by atoms with Crippen LogP contribution >= 0.6 is 0 Å². The number of piperidine rings is 1. The van der Waals surface area contributed by atoms with Crippen molar-refractivity contribution in [3.8, 4) is 0 Å². The highest BCUT2D eigenvalue weighted by atomic mass is 19.1. The van der Waals surface area contributed by atoms with Crippen molar-refractivity contribution in [3.05, 3.63) is 65.6 Å². The Kier molecular flexibility index (Phi) is 5.96. The van der Waals surface area contributed by atoms with E-state index in [1.807, 2.05) is 24.0 Å². The molecular formula is C21H23FN8O. The van der Waals surface area contributed by atoms with Crippen LogP contribution in [-0.2, 0) is 6.42 Å². The molecule has 3 N–H and O–H groups in total. The third-order valence-electron chi connectivity index (χ3n) is 5.20. The molecule has 3 aromatic rings. The number of carbonyl (C=O) groups excluding carboxylic acids is 1. The molecule has 10 heteroatoms. The number of anilines is 2. The van der Waals surface area contributed by atoms with E-state index in [2.05, 4.69) is 30.5 Å². The van der Waals surface area contributed by atoms with Gasteiger partial charge in [0.05, 0.1) is 35.2 Å². The zero-order chi connectivity index (χ0) is 21.8. The van der Waals surface area contributed by atoms with E-state index in [4.69, 9.17) is 5.73 Å². The summed E-state index contributed by atoms with van der Waals surface area (Å²) in [6.45, 7) is 2.65. The Morgan fingerprint density at radius 1 is 1.23 bits per heavy atom. The van der Waals surface area contributed by atoms with Crippen LogP contribution in [0.2, 0.25) is 0 Å². The van der Waals surface area contributed by atoms with Gasteiger partial charge in [0.25, 0.3) is 5.91 Å². The number of nitrogens with one attached hydrogen (secondary N) is 1. The maximum absolute atomic E-state index is 15.0. The Morgan fingerprint density at radius 2 is 2.10 bits per heavy atom.